The summed E-state index contributed by atoms with van der Waals surface area (Å²) in [5, 5.41) is 1.21. The van der Waals surface area contributed by atoms with Crippen LogP contribution in [0.2, 0.25) is 15.1 Å². The van der Waals surface area contributed by atoms with E-state index in [0.717, 1.165) is 0 Å². The van der Waals surface area contributed by atoms with E-state index in [2.05, 4.69) is 4.99 Å². The predicted molar refractivity (Wildman–Crippen MR) is 88.5 cm³/mol. The Morgan fingerprint density at radius 2 is 1.68 bits per heavy atom. The first kappa shape index (κ1) is 15.1. The Kier molecular flexibility index (Phi) is 4.21. The van der Waals surface area contributed by atoms with E-state index in [1.54, 1.807) is 42.5 Å². The molecular weight excluding hydrogens is 345 g/mol. The molecule has 1 aliphatic rings. The van der Waals surface area contributed by atoms with Crippen molar-refractivity contribution in [2.24, 2.45) is 4.99 Å². The lowest BCUT2D eigenvalue weighted by molar-refractivity contribution is -0.129. The first-order valence-electron chi connectivity index (χ1n) is 6.28. The van der Waals surface area contributed by atoms with E-state index in [4.69, 9.17) is 39.5 Å². The molecule has 0 radical (unpaired) electrons. The molecule has 0 aromatic heterocycles. The highest BCUT2D eigenvalue weighted by molar-refractivity contribution is 6.43. The lowest BCUT2D eigenvalue weighted by Gasteiger charge is -2.00. The highest BCUT2D eigenvalue weighted by Gasteiger charge is 2.25. The Bertz CT molecular complexity index is 828. The molecule has 0 N–H and O–H groups in total. The minimum Gasteiger partial charge on any atom is -0.402 e. The van der Waals surface area contributed by atoms with Gasteiger partial charge in [-0.25, -0.2) is 9.79 Å². The van der Waals surface area contributed by atoms with Crippen molar-refractivity contribution in [3.63, 3.8) is 0 Å². The second-order valence-corrected chi connectivity index (χ2v) is 5.65. The van der Waals surface area contributed by atoms with E-state index in [0.29, 0.717) is 26.2 Å². The molecule has 22 heavy (non-hydrogen) atoms. The number of hydrogen-bond donors (Lipinski definition) is 0. The van der Waals surface area contributed by atoms with Crippen LogP contribution in [0.15, 0.2) is 53.2 Å². The molecule has 6 heteroatoms. The van der Waals surface area contributed by atoms with Gasteiger partial charge in [0.25, 0.3) is 0 Å². The lowest BCUT2D eigenvalue weighted by Crippen LogP contribution is -2.05. The van der Waals surface area contributed by atoms with Crippen LogP contribution < -0.4 is 0 Å². The maximum absolute atomic E-state index is 11.9. The predicted octanol–water partition coefficient (Wildman–Crippen LogP) is 4.99. The Morgan fingerprint density at radius 3 is 2.45 bits per heavy atom. The molecule has 1 heterocycles. The summed E-state index contributed by atoms with van der Waals surface area (Å²) < 4.78 is 5.17. The van der Waals surface area contributed by atoms with Gasteiger partial charge in [-0.3, -0.25) is 0 Å². The number of rotatable bonds is 2. The van der Waals surface area contributed by atoms with Crippen molar-refractivity contribution in [3.8, 4) is 0 Å². The number of cyclic esters (lactones) is 1. The Balaban J connectivity index is 2.02. The Labute approximate surface area is 141 Å². The van der Waals surface area contributed by atoms with Crippen LogP contribution >= 0.6 is 34.8 Å². The van der Waals surface area contributed by atoms with Crippen LogP contribution in [0.5, 0.6) is 0 Å². The number of carbonyl (C=O) groups is 1. The van der Waals surface area contributed by atoms with Gasteiger partial charge in [0.1, 0.15) is 0 Å². The zero-order valence-electron chi connectivity index (χ0n) is 11.0. The van der Waals surface area contributed by atoms with Crippen LogP contribution in [0.4, 0.5) is 0 Å². The third kappa shape index (κ3) is 2.88. The fourth-order valence-electron chi connectivity index (χ4n) is 1.94. The maximum atomic E-state index is 11.9. The summed E-state index contributed by atoms with van der Waals surface area (Å²) in [6.45, 7) is 0. The second kappa shape index (κ2) is 6.13. The molecule has 0 spiro atoms. The van der Waals surface area contributed by atoms with Crippen molar-refractivity contribution >= 4 is 52.7 Å². The summed E-state index contributed by atoms with van der Waals surface area (Å²) in [5.41, 5.74) is 1.28. The number of aliphatic imine (C=N–C) groups is 1. The molecule has 0 fully saturated rings. The minimum absolute atomic E-state index is 0.138. The van der Waals surface area contributed by atoms with Gasteiger partial charge < -0.3 is 4.74 Å². The molecule has 0 atom stereocenters. The van der Waals surface area contributed by atoms with Gasteiger partial charge >= 0.3 is 5.97 Å². The number of ether oxygens (including phenoxy) is 1. The summed E-state index contributed by atoms with van der Waals surface area (Å²) in [6.07, 6.45) is 1.53. The molecule has 2 aromatic rings. The largest absolute Gasteiger partial charge is 0.402 e. The van der Waals surface area contributed by atoms with Gasteiger partial charge in [0.05, 0.1) is 20.6 Å². The quantitative estimate of drug-likeness (QED) is 0.564. The molecule has 0 bridgehead atoms. The van der Waals surface area contributed by atoms with Crippen LogP contribution in [-0.2, 0) is 9.53 Å². The molecule has 110 valence electrons. The third-order valence-electron chi connectivity index (χ3n) is 3.00. The number of benzene rings is 2. The van der Waals surface area contributed by atoms with Crippen molar-refractivity contribution in [2.45, 2.75) is 0 Å². The van der Waals surface area contributed by atoms with E-state index >= 15 is 0 Å². The van der Waals surface area contributed by atoms with Gasteiger partial charge in [-0.1, -0.05) is 59.1 Å². The summed E-state index contributed by atoms with van der Waals surface area (Å²) in [6, 6.07) is 12.1. The molecule has 0 saturated heterocycles. The zero-order chi connectivity index (χ0) is 15.7. The van der Waals surface area contributed by atoms with Gasteiger partial charge in [-0.05, 0) is 29.8 Å². The molecular formula is C16H8Cl3NO2. The third-order valence-corrected chi connectivity index (χ3v) is 4.16. The van der Waals surface area contributed by atoms with Crippen LogP contribution in [0.1, 0.15) is 11.1 Å². The molecule has 0 aliphatic carbocycles. The molecule has 3 nitrogen and oxygen atoms in total. The summed E-state index contributed by atoms with van der Waals surface area (Å²) in [7, 11) is 0. The summed E-state index contributed by atoms with van der Waals surface area (Å²) >= 11 is 18.1. The molecule has 0 unspecified atom stereocenters. The average Bonchev–Trinajstić information content (AvgIpc) is 2.85. The number of esters is 1. The maximum Gasteiger partial charge on any atom is 0.363 e. The number of nitrogens with zero attached hydrogens (tertiary/aromatic N) is 1. The van der Waals surface area contributed by atoms with Gasteiger partial charge in [0.15, 0.2) is 5.70 Å². The average molecular weight is 353 g/mol. The molecule has 2 aromatic carbocycles. The van der Waals surface area contributed by atoms with E-state index in [-0.39, 0.29) is 11.6 Å². The van der Waals surface area contributed by atoms with Crippen LogP contribution in [0.3, 0.4) is 0 Å². The second-order valence-electron chi connectivity index (χ2n) is 4.46. The van der Waals surface area contributed by atoms with Crippen LogP contribution in [0, 0.1) is 0 Å². The standard InChI is InChI=1S/C16H8Cl3NO2/c17-11-6-2-1-5-10(11)15-20-13(16(21)22-15)8-9-4-3-7-12(18)14(9)19/h1-8H/b13-8-. The van der Waals surface area contributed by atoms with Gasteiger partial charge in [-0.2, -0.15) is 0 Å². The summed E-state index contributed by atoms with van der Waals surface area (Å²) in [5.74, 6) is -0.397. The molecule has 0 saturated carbocycles. The number of halogens is 3. The van der Waals surface area contributed by atoms with Gasteiger partial charge in [0.2, 0.25) is 5.90 Å². The van der Waals surface area contributed by atoms with Crippen molar-refractivity contribution in [1.82, 2.24) is 0 Å². The smallest absolute Gasteiger partial charge is 0.363 e. The highest BCUT2D eigenvalue weighted by Crippen LogP contribution is 2.29. The fraction of sp³-hybridized carbons (Fsp3) is 0. The fourth-order valence-corrected chi connectivity index (χ4v) is 2.52. The highest BCUT2D eigenvalue weighted by atomic mass is 35.5. The number of hydrogen-bond acceptors (Lipinski definition) is 3. The van der Waals surface area contributed by atoms with Crippen molar-refractivity contribution in [3.05, 3.63) is 74.4 Å². The Morgan fingerprint density at radius 1 is 0.955 bits per heavy atom. The van der Waals surface area contributed by atoms with Crippen LogP contribution in [-0.4, -0.2) is 11.9 Å². The first-order valence-corrected chi connectivity index (χ1v) is 7.41. The van der Waals surface area contributed by atoms with E-state index in [9.17, 15) is 4.79 Å². The van der Waals surface area contributed by atoms with Gasteiger partial charge in [-0.15, -0.1) is 0 Å². The van der Waals surface area contributed by atoms with E-state index in [1.807, 2.05) is 0 Å². The Hall–Kier alpha value is -1.81. The topological polar surface area (TPSA) is 38.7 Å². The van der Waals surface area contributed by atoms with E-state index in [1.165, 1.54) is 6.08 Å². The van der Waals surface area contributed by atoms with Crippen molar-refractivity contribution in [2.75, 3.05) is 0 Å². The monoisotopic (exact) mass is 351 g/mol. The zero-order valence-corrected chi connectivity index (χ0v) is 13.3. The van der Waals surface area contributed by atoms with E-state index < -0.39 is 5.97 Å². The molecule has 3 rings (SSSR count). The lowest BCUT2D eigenvalue weighted by atomic mass is 10.2. The van der Waals surface area contributed by atoms with Crippen molar-refractivity contribution in [1.29, 1.82) is 0 Å². The molecule has 1 aliphatic heterocycles. The summed E-state index contributed by atoms with van der Waals surface area (Å²) in [4.78, 5) is 16.1. The normalized spacial score (nSPS) is 15.9. The first-order chi connectivity index (χ1) is 10.6. The van der Waals surface area contributed by atoms with Gasteiger partial charge in [0, 0.05) is 0 Å². The number of carbonyl (C=O) groups excluding carboxylic acids is 1. The SMILES string of the molecule is O=C1OC(c2ccccc2Cl)=N/C1=C\c1cccc(Cl)c1Cl. The minimum atomic E-state index is -0.564. The van der Waals surface area contributed by atoms with Crippen molar-refractivity contribution < 1.29 is 9.53 Å². The molecule has 0 amide bonds. The van der Waals surface area contributed by atoms with Crippen LogP contribution in [0.25, 0.3) is 6.08 Å².